The molecule has 0 unspecified atom stereocenters. The first-order valence-electron chi connectivity index (χ1n) is 12.8. The van der Waals surface area contributed by atoms with Crippen LogP contribution in [0.2, 0.25) is 0 Å². The van der Waals surface area contributed by atoms with E-state index in [4.69, 9.17) is 0 Å². The molecule has 0 spiro atoms. The second-order valence-corrected chi connectivity index (χ2v) is 13.0. The van der Waals surface area contributed by atoms with Gasteiger partial charge in [-0.3, -0.25) is 0 Å². The lowest BCUT2D eigenvalue weighted by molar-refractivity contribution is 0.165. The van der Waals surface area contributed by atoms with E-state index in [0.29, 0.717) is 0 Å². The summed E-state index contributed by atoms with van der Waals surface area (Å²) in [6.07, 6.45) is 4.72. The van der Waals surface area contributed by atoms with E-state index in [0.717, 1.165) is 12.8 Å². The molecule has 0 aromatic heterocycles. The van der Waals surface area contributed by atoms with Crippen molar-refractivity contribution in [2.75, 3.05) is 20.4 Å². The first-order valence-corrected chi connectivity index (χ1v) is 12.8. The predicted molar refractivity (Wildman–Crippen MR) is 141 cm³/mol. The summed E-state index contributed by atoms with van der Waals surface area (Å²) in [6, 6.07) is 10.8. The second-order valence-electron chi connectivity index (χ2n) is 13.0. The summed E-state index contributed by atoms with van der Waals surface area (Å²) in [5.74, 6) is 0. The molecule has 0 aliphatic carbocycles. The van der Waals surface area contributed by atoms with Crippen molar-refractivity contribution in [2.24, 2.45) is 0 Å². The summed E-state index contributed by atoms with van der Waals surface area (Å²) in [6.45, 7) is 19.7. The van der Waals surface area contributed by atoms with Crippen LogP contribution >= 0.6 is 0 Å². The average Bonchev–Trinajstić information content (AvgIpc) is 3.17. The van der Waals surface area contributed by atoms with Gasteiger partial charge in [0, 0.05) is 22.2 Å². The van der Waals surface area contributed by atoms with Crippen LogP contribution in [-0.4, -0.2) is 22.2 Å². The third-order valence-corrected chi connectivity index (χ3v) is 9.61. The zero-order valence-corrected chi connectivity index (χ0v) is 21.7. The number of nitrogens with zero attached hydrogens (tertiary/aromatic N) is 2. The Kier molecular flexibility index (Phi) is 3.98. The van der Waals surface area contributed by atoms with E-state index in [-0.39, 0.29) is 28.3 Å². The SMILES string of the molecule is CC1(C)CCc2c3c(c4c5c2N1C(C)(C)C(C)(C)N5C(C)(C)CC4)NC(c1ccccc1)N3. The number of anilines is 4. The van der Waals surface area contributed by atoms with Gasteiger partial charge < -0.3 is 20.4 Å². The van der Waals surface area contributed by atoms with E-state index in [9.17, 15) is 0 Å². The smallest absolute Gasteiger partial charge is 0.123 e. The molecule has 0 fully saturated rings. The average molecular weight is 445 g/mol. The number of hydrogen-bond donors (Lipinski definition) is 2. The summed E-state index contributed by atoms with van der Waals surface area (Å²) in [4.78, 5) is 5.63. The summed E-state index contributed by atoms with van der Waals surface area (Å²) in [5, 5.41) is 7.86. The van der Waals surface area contributed by atoms with Crippen molar-refractivity contribution in [2.45, 2.75) is 109 Å². The van der Waals surface area contributed by atoms with Crippen LogP contribution in [0, 0.1) is 0 Å². The molecule has 0 amide bonds. The summed E-state index contributed by atoms with van der Waals surface area (Å²) < 4.78 is 0. The molecule has 4 aliphatic heterocycles. The molecular weight excluding hydrogens is 404 g/mol. The molecule has 4 aliphatic rings. The Morgan fingerprint density at radius 3 is 1.52 bits per heavy atom. The van der Waals surface area contributed by atoms with E-state index in [2.05, 4.69) is 106 Å². The Balaban J connectivity index is 1.66. The molecule has 4 heteroatoms. The van der Waals surface area contributed by atoms with Crippen LogP contribution in [0.3, 0.4) is 0 Å². The standard InChI is InChI=1S/C29H40N4/c1-26(2)16-14-19-21-22(31-25(30-21)18-12-10-9-11-13-18)20-15-17-27(3,4)33-24(20)23(19)32(26)28(5,6)29(33,7)8/h9-13,25,30-31H,14-17H2,1-8H3. The summed E-state index contributed by atoms with van der Waals surface area (Å²) in [5.41, 5.74) is 10.3. The van der Waals surface area contributed by atoms with Gasteiger partial charge in [-0.15, -0.1) is 0 Å². The Hall–Kier alpha value is -2.36. The Morgan fingerprint density at radius 2 is 1.09 bits per heavy atom. The largest absolute Gasteiger partial charge is 0.360 e. The van der Waals surface area contributed by atoms with Crippen molar-refractivity contribution < 1.29 is 0 Å². The van der Waals surface area contributed by atoms with Gasteiger partial charge in [-0.1, -0.05) is 30.3 Å². The van der Waals surface area contributed by atoms with Gasteiger partial charge in [0.2, 0.25) is 0 Å². The minimum atomic E-state index is -0.0103. The van der Waals surface area contributed by atoms with Crippen LogP contribution in [0.1, 0.15) is 91.1 Å². The first-order chi connectivity index (χ1) is 15.4. The maximum Gasteiger partial charge on any atom is 0.123 e. The van der Waals surface area contributed by atoms with E-state index in [1.54, 1.807) is 0 Å². The summed E-state index contributed by atoms with van der Waals surface area (Å²) >= 11 is 0. The van der Waals surface area contributed by atoms with Crippen LogP contribution in [0.4, 0.5) is 22.7 Å². The predicted octanol–water partition coefficient (Wildman–Crippen LogP) is 6.86. The normalized spacial score (nSPS) is 25.1. The van der Waals surface area contributed by atoms with Crippen molar-refractivity contribution in [3.8, 4) is 0 Å². The lowest BCUT2D eigenvalue weighted by atomic mass is 9.66. The van der Waals surface area contributed by atoms with Gasteiger partial charge >= 0.3 is 0 Å². The molecule has 4 nitrogen and oxygen atoms in total. The molecule has 0 saturated heterocycles. The lowest BCUT2D eigenvalue weighted by Crippen LogP contribution is -2.77. The highest BCUT2D eigenvalue weighted by Gasteiger charge is 2.61. The minimum absolute atomic E-state index is 0.0103. The van der Waals surface area contributed by atoms with Gasteiger partial charge in [0.1, 0.15) is 6.17 Å². The van der Waals surface area contributed by atoms with E-state index in [1.165, 1.54) is 52.3 Å². The Labute approximate surface area is 199 Å². The van der Waals surface area contributed by atoms with Crippen LogP contribution in [-0.2, 0) is 12.8 Å². The molecule has 0 atom stereocenters. The molecule has 0 radical (unpaired) electrons. The molecule has 176 valence electrons. The van der Waals surface area contributed by atoms with E-state index in [1.807, 2.05) is 0 Å². The number of benzene rings is 2. The number of nitrogens with one attached hydrogen (secondary N) is 2. The molecule has 4 heterocycles. The molecule has 33 heavy (non-hydrogen) atoms. The molecule has 2 N–H and O–H groups in total. The van der Waals surface area contributed by atoms with E-state index < -0.39 is 0 Å². The molecule has 6 rings (SSSR count). The fourth-order valence-corrected chi connectivity index (χ4v) is 7.56. The van der Waals surface area contributed by atoms with Crippen LogP contribution in [0.5, 0.6) is 0 Å². The van der Waals surface area contributed by atoms with Crippen LogP contribution < -0.4 is 20.4 Å². The third-order valence-electron chi connectivity index (χ3n) is 9.61. The van der Waals surface area contributed by atoms with Crippen molar-refractivity contribution >= 4 is 22.7 Å². The maximum absolute atomic E-state index is 3.93. The van der Waals surface area contributed by atoms with Crippen molar-refractivity contribution in [3.63, 3.8) is 0 Å². The Bertz CT molecular complexity index is 1070. The highest BCUT2D eigenvalue weighted by molar-refractivity contribution is 5.99. The zero-order chi connectivity index (χ0) is 23.6. The van der Waals surface area contributed by atoms with Gasteiger partial charge in [0.25, 0.3) is 0 Å². The maximum atomic E-state index is 3.93. The quantitative estimate of drug-likeness (QED) is 0.503. The van der Waals surface area contributed by atoms with Gasteiger partial charge in [-0.05, 0) is 86.6 Å². The highest BCUT2D eigenvalue weighted by atomic mass is 15.4. The highest BCUT2D eigenvalue weighted by Crippen LogP contribution is 2.64. The lowest BCUT2D eigenvalue weighted by Gasteiger charge is -2.70. The van der Waals surface area contributed by atoms with Crippen LogP contribution in [0.25, 0.3) is 0 Å². The molecular formula is C29H40N4. The topological polar surface area (TPSA) is 30.5 Å². The fraction of sp³-hybridized carbons (Fsp3) is 0.586. The van der Waals surface area contributed by atoms with Crippen molar-refractivity contribution in [3.05, 3.63) is 47.0 Å². The van der Waals surface area contributed by atoms with Gasteiger partial charge in [-0.2, -0.15) is 0 Å². The molecule has 0 bridgehead atoms. The first kappa shape index (κ1) is 21.2. The van der Waals surface area contributed by atoms with Gasteiger partial charge in [-0.25, -0.2) is 0 Å². The number of rotatable bonds is 1. The van der Waals surface area contributed by atoms with E-state index >= 15 is 0 Å². The van der Waals surface area contributed by atoms with Gasteiger partial charge in [0.15, 0.2) is 0 Å². The monoisotopic (exact) mass is 444 g/mol. The van der Waals surface area contributed by atoms with Crippen molar-refractivity contribution in [1.82, 2.24) is 0 Å². The number of hydrogen-bond acceptors (Lipinski definition) is 4. The van der Waals surface area contributed by atoms with Gasteiger partial charge in [0.05, 0.1) is 33.8 Å². The second kappa shape index (κ2) is 6.20. The fourth-order valence-electron chi connectivity index (χ4n) is 7.56. The summed E-state index contributed by atoms with van der Waals surface area (Å²) in [7, 11) is 0. The Morgan fingerprint density at radius 1 is 0.667 bits per heavy atom. The third kappa shape index (κ3) is 2.53. The number of fused-ring (bicyclic) bond motifs is 3. The molecule has 0 saturated carbocycles. The zero-order valence-electron chi connectivity index (χ0n) is 21.7. The van der Waals surface area contributed by atoms with Crippen molar-refractivity contribution in [1.29, 1.82) is 0 Å². The van der Waals surface area contributed by atoms with Crippen LogP contribution in [0.15, 0.2) is 30.3 Å². The minimum Gasteiger partial charge on any atom is -0.360 e. The molecule has 2 aromatic carbocycles. The molecule has 2 aromatic rings.